The molecule has 0 radical (unpaired) electrons. The van der Waals surface area contributed by atoms with Gasteiger partial charge in [0.2, 0.25) is 15.9 Å². The van der Waals surface area contributed by atoms with Crippen molar-refractivity contribution in [1.29, 1.82) is 0 Å². The fourth-order valence-corrected chi connectivity index (χ4v) is 2.99. The van der Waals surface area contributed by atoms with Crippen LogP contribution in [0.1, 0.15) is 23.7 Å². The Morgan fingerprint density at radius 2 is 1.92 bits per heavy atom. The lowest BCUT2D eigenvalue weighted by molar-refractivity contribution is -0.137. The Kier molecular flexibility index (Phi) is 8.20. The maximum absolute atomic E-state index is 12.1. The highest BCUT2D eigenvalue weighted by molar-refractivity contribution is 7.89. The van der Waals surface area contributed by atoms with Crippen molar-refractivity contribution in [2.75, 3.05) is 33.8 Å². The number of amides is 2. The number of benzene rings is 1. The van der Waals surface area contributed by atoms with Crippen LogP contribution in [-0.4, -0.2) is 64.9 Å². The summed E-state index contributed by atoms with van der Waals surface area (Å²) in [5.74, 6) is -1.75. The molecule has 0 fully saturated rings. The first-order chi connectivity index (χ1) is 12.2. The summed E-state index contributed by atoms with van der Waals surface area (Å²) in [6, 6.07) is 5.34. The molecule has 0 aliphatic rings. The predicted octanol–water partition coefficient (Wildman–Crippen LogP) is -0.264. The van der Waals surface area contributed by atoms with Crippen LogP contribution in [0.3, 0.4) is 0 Å². The minimum Gasteiger partial charge on any atom is -0.452 e. The topological polar surface area (TPSA) is 122 Å². The third-order valence-electron chi connectivity index (χ3n) is 3.33. The van der Waals surface area contributed by atoms with Crippen molar-refractivity contribution in [3.8, 4) is 0 Å². The van der Waals surface area contributed by atoms with Gasteiger partial charge in [0, 0.05) is 20.6 Å². The lowest BCUT2D eigenvalue weighted by Gasteiger charge is -2.16. The van der Waals surface area contributed by atoms with Crippen molar-refractivity contribution in [2.45, 2.75) is 18.2 Å². The first-order valence-corrected chi connectivity index (χ1v) is 9.41. The second kappa shape index (κ2) is 9.88. The number of nitrogens with one attached hydrogen (secondary N) is 2. The van der Waals surface area contributed by atoms with Crippen molar-refractivity contribution in [2.24, 2.45) is 0 Å². The minimum atomic E-state index is -3.72. The number of carbonyl (C=O) groups is 3. The van der Waals surface area contributed by atoms with Crippen LogP contribution in [0, 0.1) is 0 Å². The van der Waals surface area contributed by atoms with Crippen LogP contribution in [0.2, 0.25) is 0 Å². The number of rotatable bonds is 9. The van der Waals surface area contributed by atoms with E-state index in [2.05, 4.69) is 10.0 Å². The van der Waals surface area contributed by atoms with Gasteiger partial charge in [0.15, 0.2) is 6.61 Å². The van der Waals surface area contributed by atoms with Crippen LogP contribution < -0.4 is 10.0 Å². The quantitative estimate of drug-likeness (QED) is 0.565. The highest BCUT2D eigenvalue weighted by atomic mass is 32.2. The molecular formula is C16H23N3O6S. The molecule has 0 aliphatic heterocycles. The molecule has 9 nitrogen and oxygen atoms in total. The van der Waals surface area contributed by atoms with E-state index in [4.69, 9.17) is 4.74 Å². The van der Waals surface area contributed by atoms with Crippen LogP contribution >= 0.6 is 0 Å². The van der Waals surface area contributed by atoms with Crippen LogP contribution in [0.15, 0.2) is 29.2 Å². The molecular weight excluding hydrogens is 362 g/mol. The molecule has 1 aromatic carbocycles. The summed E-state index contributed by atoms with van der Waals surface area (Å²) in [6.07, 6.45) is 0.632. The molecule has 0 saturated heterocycles. The SMILES string of the molecule is CCCNS(=O)(=O)c1cccc(C(=O)OCC(=O)N(C)CC(=O)NC)c1. The largest absolute Gasteiger partial charge is 0.452 e. The number of sulfonamides is 1. The van der Waals surface area contributed by atoms with Gasteiger partial charge in [-0.1, -0.05) is 13.0 Å². The van der Waals surface area contributed by atoms with E-state index in [0.29, 0.717) is 6.42 Å². The molecule has 0 spiro atoms. The molecule has 0 heterocycles. The number of carbonyl (C=O) groups excluding carboxylic acids is 3. The standard InChI is InChI=1S/C16H23N3O6S/c1-4-8-18-26(23,24)13-7-5-6-12(9-13)16(22)25-11-15(21)19(3)10-14(20)17-2/h5-7,9,18H,4,8,10-11H2,1-3H3,(H,17,20). The molecule has 0 saturated carbocycles. The van der Waals surface area contributed by atoms with E-state index in [-0.39, 0.29) is 29.5 Å². The van der Waals surface area contributed by atoms with Crippen LogP contribution in [0.25, 0.3) is 0 Å². The Hall–Kier alpha value is -2.46. The summed E-state index contributed by atoms with van der Waals surface area (Å²) < 4.78 is 31.5. The third-order valence-corrected chi connectivity index (χ3v) is 4.79. The van der Waals surface area contributed by atoms with Crippen molar-refractivity contribution in [1.82, 2.24) is 14.9 Å². The predicted molar refractivity (Wildman–Crippen MR) is 93.9 cm³/mol. The van der Waals surface area contributed by atoms with E-state index >= 15 is 0 Å². The highest BCUT2D eigenvalue weighted by Gasteiger charge is 2.18. The first kappa shape index (κ1) is 21.6. The van der Waals surface area contributed by atoms with E-state index in [9.17, 15) is 22.8 Å². The Morgan fingerprint density at radius 3 is 2.54 bits per heavy atom. The van der Waals surface area contributed by atoms with Crippen LogP contribution in [-0.2, 0) is 24.3 Å². The number of hydrogen-bond donors (Lipinski definition) is 2. The van der Waals surface area contributed by atoms with Crippen LogP contribution in [0.4, 0.5) is 0 Å². The summed E-state index contributed by atoms with van der Waals surface area (Å²) in [5, 5.41) is 2.37. The zero-order chi connectivity index (χ0) is 19.7. The Balaban J connectivity index is 2.72. The Labute approximate surface area is 152 Å². The molecule has 1 aromatic rings. The van der Waals surface area contributed by atoms with Crippen LogP contribution in [0.5, 0.6) is 0 Å². The fourth-order valence-electron chi connectivity index (χ4n) is 1.81. The second-order valence-electron chi connectivity index (χ2n) is 5.42. The van der Waals surface area contributed by atoms with Gasteiger partial charge in [0.1, 0.15) is 0 Å². The van der Waals surface area contributed by atoms with E-state index < -0.39 is 28.5 Å². The van der Waals surface area contributed by atoms with Crippen molar-refractivity contribution in [3.63, 3.8) is 0 Å². The van der Waals surface area contributed by atoms with Crippen molar-refractivity contribution < 1.29 is 27.5 Å². The summed E-state index contributed by atoms with van der Waals surface area (Å²) in [5.41, 5.74) is 0.00567. The maximum Gasteiger partial charge on any atom is 0.338 e. The van der Waals surface area contributed by atoms with Crippen molar-refractivity contribution >= 4 is 27.8 Å². The average molecular weight is 385 g/mol. The van der Waals surface area contributed by atoms with Gasteiger partial charge in [-0.05, 0) is 24.6 Å². The van der Waals surface area contributed by atoms with Crippen molar-refractivity contribution in [3.05, 3.63) is 29.8 Å². The number of hydrogen-bond acceptors (Lipinski definition) is 6. The highest BCUT2D eigenvalue weighted by Crippen LogP contribution is 2.12. The molecule has 0 aromatic heterocycles. The molecule has 1 rings (SSSR count). The van der Waals surface area contributed by atoms with E-state index in [0.717, 1.165) is 4.90 Å². The van der Waals surface area contributed by atoms with Gasteiger partial charge in [-0.3, -0.25) is 9.59 Å². The van der Waals surface area contributed by atoms with Gasteiger partial charge >= 0.3 is 5.97 Å². The van der Waals surface area contributed by atoms with E-state index in [1.807, 2.05) is 6.92 Å². The smallest absolute Gasteiger partial charge is 0.338 e. The first-order valence-electron chi connectivity index (χ1n) is 7.92. The molecule has 26 heavy (non-hydrogen) atoms. The lowest BCUT2D eigenvalue weighted by Crippen LogP contribution is -2.39. The Bertz CT molecular complexity index is 763. The van der Waals surface area contributed by atoms with Gasteiger partial charge in [-0.2, -0.15) is 0 Å². The molecule has 0 bridgehead atoms. The number of esters is 1. The molecule has 0 aliphatic carbocycles. The van der Waals surface area contributed by atoms with Gasteiger partial charge in [0.05, 0.1) is 17.0 Å². The molecule has 0 unspecified atom stereocenters. The van der Waals surface area contributed by atoms with Gasteiger partial charge in [0.25, 0.3) is 5.91 Å². The number of ether oxygens (including phenoxy) is 1. The molecule has 10 heteroatoms. The third kappa shape index (κ3) is 6.45. The lowest BCUT2D eigenvalue weighted by atomic mass is 10.2. The monoisotopic (exact) mass is 385 g/mol. The Morgan fingerprint density at radius 1 is 1.23 bits per heavy atom. The molecule has 2 amide bonds. The average Bonchev–Trinajstić information content (AvgIpc) is 2.63. The van der Waals surface area contributed by atoms with E-state index in [1.54, 1.807) is 0 Å². The molecule has 144 valence electrons. The molecule has 2 N–H and O–H groups in total. The summed E-state index contributed by atoms with van der Waals surface area (Å²) >= 11 is 0. The van der Waals surface area contributed by atoms with Gasteiger partial charge in [-0.25, -0.2) is 17.9 Å². The minimum absolute atomic E-state index is 0.00567. The second-order valence-corrected chi connectivity index (χ2v) is 7.19. The molecule has 0 atom stereocenters. The number of nitrogens with zero attached hydrogens (tertiary/aromatic N) is 1. The normalized spacial score (nSPS) is 10.9. The summed E-state index contributed by atoms with van der Waals surface area (Å²) in [7, 11) is -0.875. The zero-order valence-corrected chi connectivity index (χ0v) is 15.8. The fraction of sp³-hybridized carbons (Fsp3) is 0.438. The zero-order valence-electron chi connectivity index (χ0n) is 14.9. The van der Waals surface area contributed by atoms with Gasteiger partial charge < -0.3 is 15.0 Å². The summed E-state index contributed by atoms with van der Waals surface area (Å²) in [6.45, 7) is 1.39. The van der Waals surface area contributed by atoms with E-state index in [1.165, 1.54) is 38.4 Å². The number of likely N-dealkylation sites (N-methyl/N-ethyl adjacent to an activating group) is 2. The summed E-state index contributed by atoms with van der Waals surface area (Å²) in [4.78, 5) is 36.2. The maximum atomic E-state index is 12.1. The van der Waals surface area contributed by atoms with Gasteiger partial charge in [-0.15, -0.1) is 0 Å².